The number of ketones is 1. The van der Waals surface area contributed by atoms with Crippen LogP contribution in [-0.4, -0.2) is 47.6 Å². The minimum Gasteiger partial charge on any atom is -0.321 e. The van der Waals surface area contributed by atoms with Crippen LogP contribution in [-0.2, 0) is 4.79 Å². The Morgan fingerprint density at radius 3 is 2.46 bits per heavy atom. The summed E-state index contributed by atoms with van der Waals surface area (Å²) in [5.41, 5.74) is 4.30. The van der Waals surface area contributed by atoms with Gasteiger partial charge in [-0.05, 0) is 51.0 Å². The van der Waals surface area contributed by atoms with E-state index in [1.54, 1.807) is 20.0 Å². The molecule has 0 spiro atoms. The summed E-state index contributed by atoms with van der Waals surface area (Å²) >= 11 is 0. The molecule has 9 heteroatoms. The first kappa shape index (κ1) is 27.4. The van der Waals surface area contributed by atoms with Crippen molar-refractivity contribution in [2.75, 3.05) is 18.9 Å². The molecule has 37 heavy (non-hydrogen) atoms. The molecule has 1 heterocycles. The maximum Gasteiger partial charge on any atom is 0.284 e. The van der Waals surface area contributed by atoms with Gasteiger partial charge in [-0.3, -0.25) is 19.6 Å². The molecule has 1 amide bonds. The SMILES string of the molecule is CC(=O)c1cc(C#N)cc(C)c1NC(=O)C1=C(c2ccccc2C)N=C(CN(C)/N=C(\C)C(C)(F)F)C1. The molecule has 0 saturated carbocycles. The highest BCUT2D eigenvalue weighted by atomic mass is 19.3. The van der Waals surface area contributed by atoms with Crippen molar-refractivity contribution in [1.29, 1.82) is 5.26 Å². The van der Waals surface area contributed by atoms with Gasteiger partial charge in [-0.15, -0.1) is 0 Å². The Bertz CT molecular complexity index is 1390. The van der Waals surface area contributed by atoms with Gasteiger partial charge in [0.2, 0.25) is 0 Å². The Morgan fingerprint density at radius 2 is 1.86 bits per heavy atom. The van der Waals surface area contributed by atoms with E-state index in [2.05, 4.69) is 10.4 Å². The van der Waals surface area contributed by atoms with Crippen LogP contribution in [0.15, 0.2) is 52.1 Å². The monoisotopic (exact) mass is 505 g/mol. The van der Waals surface area contributed by atoms with Crippen molar-refractivity contribution in [3.63, 3.8) is 0 Å². The highest BCUT2D eigenvalue weighted by molar-refractivity contribution is 6.18. The Labute approximate surface area is 215 Å². The molecule has 0 unspecified atom stereocenters. The van der Waals surface area contributed by atoms with E-state index in [9.17, 15) is 23.6 Å². The lowest BCUT2D eigenvalue weighted by Gasteiger charge is -2.17. The molecule has 192 valence electrons. The summed E-state index contributed by atoms with van der Waals surface area (Å²) in [6.07, 6.45) is 0.182. The zero-order valence-electron chi connectivity index (χ0n) is 21.7. The third-order valence-electron chi connectivity index (χ3n) is 6.06. The highest BCUT2D eigenvalue weighted by Gasteiger charge is 2.29. The zero-order valence-corrected chi connectivity index (χ0v) is 21.7. The van der Waals surface area contributed by atoms with E-state index in [1.165, 1.54) is 24.9 Å². The zero-order chi connectivity index (χ0) is 27.5. The summed E-state index contributed by atoms with van der Waals surface area (Å²) in [5.74, 6) is -3.77. The Kier molecular flexibility index (Phi) is 8.02. The average molecular weight is 506 g/mol. The number of hydrazone groups is 1. The van der Waals surface area contributed by atoms with Gasteiger partial charge in [0.15, 0.2) is 5.78 Å². The minimum absolute atomic E-state index is 0.147. The lowest BCUT2D eigenvalue weighted by molar-refractivity contribution is -0.112. The second-order valence-corrected chi connectivity index (χ2v) is 9.22. The fourth-order valence-corrected chi connectivity index (χ4v) is 4.02. The van der Waals surface area contributed by atoms with Crippen LogP contribution >= 0.6 is 0 Å². The summed E-state index contributed by atoms with van der Waals surface area (Å²) in [6, 6.07) is 12.6. The number of Topliss-reactive ketones (excluding diaryl/α,β-unsaturated/α-hetero) is 1. The fourth-order valence-electron chi connectivity index (χ4n) is 4.02. The van der Waals surface area contributed by atoms with Crippen LogP contribution in [0.25, 0.3) is 5.70 Å². The van der Waals surface area contributed by atoms with Gasteiger partial charge in [-0.2, -0.15) is 10.4 Å². The Hall–Kier alpha value is -4.19. The molecule has 0 saturated heterocycles. The molecule has 2 aromatic carbocycles. The second kappa shape index (κ2) is 10.8. The third-order valence-corrected chi connectivity index (χ3v) is 6.06. The quantitative estimate of drug-likeness (QED) is 0.290. The van der Waals surface area contributed by atoms with Gasteiger partial charge >= 0.3 is 0 Å². The lowest BCUT2D eigenvalue weighted by Crippen LogP contribution is -2.28. The molecule has 0 bridgehead atoms. The molecule has 0 aliphatic carbocycles. The molecule has 1 aliphatic rings. The van der Waals surface area contributed by atoms with E-state index < -0.39 is 11.8 Å². The van der Waals surface area contributed by atoms with Gasteiger partial charge in [0.05, 0.1) is 29.6 Å². The molecule has 3 rings (SSSR count). The number of hydrogen-bond donors (Lipinski definition) is 1. The van der Waals surface area contributed by atoms with E-state index >= 15 is 0 Å². The van der Waals surface area contributed by atoms with Gasteiger partial charge in [0.1, 0.15) is 5.71 Å². The van der Waals surface area contributed by atoms with Crippen LogP contribution < -0.4 is 5.32 Å². The number of benzene rings is 2. The first-order valence-corrected chi connectivity index (χ1v) is 11.7. The summed E-state index contributed by atoms with van der Waals surface area (Å²) < 4.78 is 27.1. The lowest BCUT2D eigenvalue weighted by atomic mass is 9.99. The molecule has 7 nitrogen and oxygen atoms in total. The second-order valence-electron chi connectivity index (χ2n) is 9.22. The number of nitrogens with zero attached hydrogens (tertiary/aromatic N) is 4. The maximum absolute atomic E-state index is 13.6. The number of hydrogen-bond acceptors (Lipinski definition) is 6. The summed E-state index contributed by atoms with van der Waals surface area (Å²) in [4.78, 5) is 30.6. The summed E-state index contributed by atoms with van der Waals surface area (Å²) in [7, 11) is 1.57. The Morgan fingerprint density at radius 1 is 1.19 bits per heavy atom. The van der Waals surface area contributed by atoms with Crippen molar-refractivity contribution in [1.82, 2.24) is 5.01 Å². The highest BCUT2D eigenvalue weighted by Crippen LogP contribution is 2.33. The molecular formula is C28H29F2N5O2. The van der Waals surface area contributed by atoms with Crippen molar-refractivity contribution < 1.29 is 18.4 Å². The molecule has 1 N–H and O–H groups in total. The standard InChI is InChI=1S/C28H29F2N5O2/c1-16-9-7-8-10-22(16)26-24(13-21(32-26)15-35(6)34-19(4)28(5,29)30)27(37)33-25-17(2)11-20(14-31)12-23(25)18(3)36/h7-12H,13,15H2,1-6H3,(H,33,37)/b34-19+. The van der Waals surface area contributed by atoms with Gasteiger partial charge in [0, 0.05) is 42.8 Å². The van der Waals surface area contributed by atoms with E-state index in [0.29, 0.717) is 33.8 Å². The van der Waals surface area contributed by atoms with Crippen LogP contribution in [0.1, 0.15) is 59.8 Å². The smallest absolute Gasteiger partial charge is 0.284 e. The molecule has 1 aliphatic heterocycles. The van der Waals surface area contributed by atoms with Gasteiger partial charge < -0.3 is 5.32 Å². The molecule has 2 aromatic rings. The molecular weight excluding hydrogens is 476 g/mol. The number of alkyl halides is 2. The molecule has 0 fully saturated rings. The third kappa shape index (κ3) is 6.33. The van der Waals surface area contributed by atoms with E-state index in [-0.39, 0.29) is 30.0 Å². The van der Waals surface area contributed by atoms with Crippen LogP contribution in [0.5, 0.6) is 0 Å². The number of nitriles is 1. The number of carbonyl (C=O) groups is 2. The summed E-state index contributed by atoms with van der Waals surface area (Å²) in [5, 5.41) is 17.5. The first-order chi connectivity index (χ1) is 17.3. The van der Waals surface area contributed by atoms with Crippen molar-refractivity contribution in [2.24, 2.45) is 10.1 Å². The van der Waals surface area contributed by atoms with Crippen LogP contribution in [0.3, 0.4) is 0 Å². The number of halogens is 2. The normalized spacial score (nSPS) is 13.8. The van der Waals surface area contributed by atoms with Crippen molar-refractivity contribution in [3.8, 4) is 6.07 Å². The summed E-state index contributed by atoms with van der Waals surface area (Å²) in [6.45, 7) is 7.19. The van der Waals surface area contributed by atoms with Crippen molar-refractivity contribution in [3.05, 3.63) is 69.8 Å². The maximum atomic E-state index is 13.6. The predicted octanol–water partition coefficient (Wildman–Crippen LogP) is 5.54. The first-order valence-electron chi connectivity index (χ1n) is 11.7. The average Bonchev–Trinajstić information content (AvgIpc) is 3.22. The molecule has 0 radical (unpaired) electrons. The number of aryl methyl sites for hydroxylation is 2. The van der Waals surface area contributed by atoms with Gasteiger partial charge in [-0.1, -0.05) is 24.3 Å². The number of amides is 1. The van der Waals surface area contributed by atoms with E-state index in [1.807, 2.05) is 37.3 Å². The number of anilines is 1. The van der Waals surface area contributed by atoms with Crippen molar-refractivity contribution >= 4 is 34.5 Å². The fraction of sp³-hybridized carbons (Fsp3) is 0.321. The number of rotatable bonds is 8. The number of carbonyl (C=O) groups excluding carboxylic acids is 2. The van der Waals surface area contributed by atoms with Gasteiger partial charge in [-0.25, -0.2) is 8.78 Å². The molecule has 0 aromatic heterocycles. The largest absolute Gasteiger partial charge is 0.321 e. The number of nitrogens with one attached hydrogen (secondary N) is 1. The van der Waals surface area contributed by atoms with E-state index in [4.69, 9.17) is 4.99 Å². The topological polar surface area (TPSA) is 97.9 Å². The van der Waals surface area contributed by atoms with Crippen LogP contribution in [0.2, 0.25) is 0 Å². The van der Waals surface area contributed by atoms with Crippen LogP contribution in [0.4, 0.5) is 14.5 Å². The van der Waals surface area contributed by atoms with Crippen molar-refractivity contribution in [2.45, 2.75) is 47.0 Å². The van der Waals surface area contributed by atoms with E-state index in [0.717, 1.165) is 18.1 Å². The molecule has 0 atom stereocenters. The van der Waals surface area contributed by atoms with Gasteiger partial charge in [0.25, 0.3) is 11.8 Å². The van der Waals surface area contributed by atoms with Crippen LogP contribution in [0, 0.1) is 25.2 Å². The predicted molar refractivity (Wildman–Crippen MR) is 141 cm³/mol. The number of aliphatic imine (C=N–C) groups is 1. The Balaban J connectivity index is 1.98. The minimum atomic E-state index is -3.05.